The number of rotatable bonds is 0. The molecule has 1 amide bonds. The number of amides is 1. The largest absolute Gasteiger partial charge is 0.444 e. The maximum atomic E-state index is 13.9. The van der Waals surface area contributed by atoms with E-state index in [9.17, 15) is 13.6 Å². The Hall–Kier alpha value is -1.65. The molecule has 1 aliphatic rings. The lowest BCUT2D eigenvalue weighted by molar-refractivity contribution is 0.0154. The van der Waals surface area contributed by atoms with Crippen LogP contribution in [0.4, 0.5) is 13.6 Å². The van der Waals surface area contributed by atoms with Crippen LogP contribution in [0.1, 0.15) is 44.9 Å². The number of carbonyl (C=O) groups excluding carboxylic acids is 1. The van der Waals surface area contributed by atoms with Gasteiger partial charge in [-0.2, -0.15) is 0 Å². The summed E-state index contributed by atoms with van der Waals surface area (Å²) in [6, 6.07) is 1.69. The van der Waals surface area contributed by atoms with E-state index >= 15 is 0 Å². The zero-order valence-corrected chi connectivity index (χ0v) is 12.2. The fourth-order valence-corrected chi connectivity index (χ4v) is 2.47. The lowest BCUT2D eigenvalue weighted by Crippen LogP contribution is -2.42. The highest BCUT2D eigenvalue weighted by atomic mass is 19.1. The molecule has 1 heterocycles. The van der Waals surface area contributed by atoms with E-state index in [-0.39, 0.29) is 5.56 Å². The first-order valence-electron chi connectivity index (χ1n) is 6.67. The van der Waals surface area contributed by atoms with Crippen LogP contribution >= 0.6 is 0 Å². The van der Waals surface area contributed by atoms with Crippen molar-refractivity contribution in [3.05, 3.63) is 34.9 Å². The van der Waals surface area contributed by atoms with Gasteiger partial charge in [-0.25, -0.2) is 13.6 Å². The molecule has 0 N–H and O–H groups in total. The lowest BCUT2D eigenvalue weighted by Gasteiger charge is -2.36. The summed E-state index contributed by atoms with van der Waals surface area (Å²) in [5, 5.41) is 0. The van der Waals surface area contributed by atoms with Crippen LogP contribution in [0, 0.1) is 11.6 Å². The maximum absolute atomic E-state index is 13.9. The summed E-state index contributed by atoms with van der Waals surface area (Å²) in [5.41, 5.74) is -0.00296. The minimum Gasteiger partial charge on any atom is -0.444 e. The third-order valence-corrected chi connectivity index (χ3v) is 3.36. The molecule has 1 aromatic carbocycles. The number of hydrogen-bond acceptors (Lipinski definition) is 2. The Morgan fingerprint density at radius 1 is 1.30 bits per heavy atom. The minimum absolute atomic E-state index is 0.252. The number of carbonyl (C=O) groups is 1. The molecule has 0 aromatic heterocycles. The van der Waals surface area contributed by atoms with Gasteiger partial charge in [0.05, 0.1) is 6.04 Å². The molecule has 1 aromatic rings. The summed E-state index contributed by atoms with van der Waals surface area (Å²) in [7, 11) is 0. The van der Waals surface area contributed by atoms with Crippen LogP contribution < -0.4 is 0 Å². The Labute approximate surface area is 117 Å². The normalized spacial score (nSPS) is 18.7. The Balaban J connectivity index is 2.30. The smallest absolute Gasteiger partial charge is 0.410 e. The molecule has 20 heavy (non-hydrogen) atoms. The van der Waals surface area contributed by atoms with Crippen molar-refractivity contribution in [2.24, 2.45) is 0 Å². The van der Waals surface area contributed by atoms with Gasteiger partial charge >= 0.3 is 6.09 Å². The van der Waals surface area contributed by atoms with E-state index in [0.717, 1.165) is 12.1 Å². The number of halogens is 2. The van der Waals surface area contributed by atoms with E-state index in [4.69, 9.17) is 4.74 Å². The monoisotopic (exact) mass is 283 g/mol. The highest BCUT2D eigenvalue weighted by Gasteiger charge is 2.33. The van der Waals surface area contributed by atoms with E-state index < -0.39 is 29.4 Å². The van der Waals surface area contributed by atoms with Gasteiger partial charge < -0.3 is 9.64 Å². The molecule has 0 saturated heterocycles. The Bertz CT molecular complexity index is 537. The van der Waals surface area contributed by atoms with Gasteiger partial charge in [0.2, 0.25) is 0 Å². The lowest BCUT2D eigenvalue weighted by atomic mass is 9.93. The predicted octanol–water partition coefficient (Wildman–Crippen LogP) is 3.82. The van der Waals surface area contributed by atoms with E-state index in [1.54, 1.807) is 27.7 Å². The molecular weight excluding hydrogens is 264 g/mol. The molecule has 0 aliphatic carbocycles. The molecular formula is C15H19F2NO2. The Kier molecular flexibility index (Phi) is 3.71. The van der Waals surface area contributed by atoms with Gasteiger partial charge in [-0.05, 0) is 51.8 Å². The summed E-state index contributed by atoms with van der Waals surface area (Å²) in [5.74, 6) is -0.903. The zero-order valence-electron chi connectivity index (χ0n) is 12.2. The first kappa shape index (κ1) is 14.8. The number of benzene rings is 1. The van der Waals surface area contributed by atoms with Gasteiger partial charge in [-0.15, -0.1) is 0 Å². The van der Waals surface area contributed by atoms with E-state index in [0.29, 0.717) is 18.5 Å². The molecule has 0 fully saturated rings. The van der Waals surface area contributed by atoms with Gasteiger partial charge in [0.1, 0.15) is 17.2 Å². The Morgan fingerprint density at radius 2 is 1.90 bits per heavy atom. The first-order valence-corrected chi connectivity index (χ1v) is 6.67. The molecule has 0 saturated carbocycles. The summed E-state index contributed by atoms with van der Waals surface area (Å²) in [6.07, 6.45) is -0.206. The van der Waals surface area contributed by atoms with Gasteiger partial charge in [-0.3, -0.25) is 0 Å². The summed E-state index contributed by atoms with van der Waals surface area (Å²) >= 11 is 0. The first-order chi connectivity index (χ1) is 9.20. The molecule has 5 heteroatoms. The maximum Gasteiger partial charge on any atom is 0.410 e. The molecule has 0 spiro atoms. The molecule has 110 valence electrons. The number of fused-ring (bicyclic) bond motifs is 1. The topological polar surface area (TPSA) is 29.5 Å². The molecule has 1 atom stereocenters. The summed E-state index contributed by atoms with van der Waals surface area (Å²) in [4.78, 5) is 13.6. The summed E-state index contributed by atoms with van der Waals surface area (Å²) < 4.78 is 33.0. The Morgan fingerprint density at radius 3 is 2.50 bits per heavy atom. The second kappa shape index (κ2) is 5.04. The van der Waals surface area contributed by atoms with Crippen LogP contribution in [-0.2, 0) is 11.2 Å². The molecule has 3 nitrogen and oxygen atoms in total. The SMILES string of the molecule is C[C@H]1c2c(F)ccc(F)c2CCN1C(=O)OC(C)(C)C. The van der Waals surface area contributed by atoms with Crippen LogP contribution in [0.15, 0.2) is 12.1 Å². The number of nitrogens with zero attached hydrogens (tertiary/aromatic N) is 1. The molecule has 1 aliphatic heterocycles. The minimum atomic E-state index is -0.614. The molecule has 0 radical (unpaired) electrons. The van der Waals surface area contributed by atoms with Crippen LogP contribution in [0.3, 0.4) is 0 Å². The number of ether oxygens (including phenoxy) is 1. The van der Waals surface area contributed by atoms with E-state index in [2.05, 4.69) is 0 Å². The highest BCUT2D eigenvalue weighted by molar-refractivity contribution is 5.69. The number of hydrogen-bond donors (Lipinski definition) is 0. The van der Waals surface area contributed by atoms with Gasteiger partial charge in [0, 0.05) is 12.1 Å². The zero-order chi connectivity index (χ0) is 15.1. The highest BCUT2D eigenvalue weighted by Crippen LogP contribution is 2.33. The van der Waals surface area contributed by atoms with Crippen molar-refractivity contribution in [2.75, 3.05) is 6.54 Å². The average Bonchev–Trinajstić information content (AvgIpc) is 2.31. The van der Waals surface area contributed by atoms with Crippen molar-refractivity contribution in [3.63, 3.8) is 0 Å². The fraction of sp³-hybridized carbons (Fsp3) is 0.533. The van der Waals surface area contributed by atoms with Crippen LogP contribution in [-0.4, -0.2) is 23.1 Å². The quantitative estimate of drug-likeness (QED) is 0.724. The molecule has 0 bridgehead atoms. The van der Waals surface area contributed by atoms with Gasteiger partial charge in [0.25, 0.3) is 0 Å². The second-order valence-corrected chi connectivity index (χ2v) is 6.02. The van der Waals surface area contributed by atoms with Crippen LogP contribution in [0.25, 0.3) is 0 Å². The fourth-order valence-electron chi connectivity index (χ4n) is 2.47. The standard InChI is InChI=1S/C15H19F2NO2/c1-9-13-10(11(16)5-6-12(13)17)7-8-18(9)14(19)20-15(2,3)4/h5-6,9H,7-8H2,1-4H3/t9-/m0/s1. The van der Waals surface area contributed by atoms with Gasteiger partial charge in [0.15, 0.2) is 0 Å². The van der Waals surface area contributed by atoms with Crippen molar-refractivity contribution in [3.8, 4) is 0 Å². The van der Waals surface area contributed by atoms with Crippen molar-refractivity contribution >= 4 is 6.09 Å². The second-order valence-electron chi connectivity index (χ2n) is 6.02. The average molecular weight is 283 g/mol. The van der Waals surface area contributed by atoms with Crippen molar-refractivity contribution in [1.82, 2.24) is 4.90 Å². The van der Waals surface area contributed by atoms with Crippen LogP contribution in [0.2, 0.25) is 0 Å². The van der Waals surface area contributed by atoms with Crippen molar-refractivity contribution < 1.29 is 18.3 Å². The van der Waals surface area contributed by atoms with Gasteiger partial charge in [-0.1, -0.05) is 0 Å². The van der Waals surface area contributed by atoms with E-state index in [1.165, 1.54) is 4.90 Å². The molecule has 2 rings (SSSR count). The van der Waals surface area contributed by atoms with Crippen molar-refractivity contribution in [2.45, 2.75) is 45.8 Å². The van der Waals surface area contributed by atoms with Crippen LogP contribution in [0.5, 0.6) is 0 Å². The third kappa shape index (κ3) is 2.76. The predicted molar refractivity (Wildman–Crippen MR) is 71.4 cm³/mol. The molecule has 0 unspecified atom stereocenters. The van der Waals surface area contributed by atoms with Crippen molar-refractivity contribution in [1.29, 1.82) is 0 Å². The summed E-state index contributed by atoms with van der Waals surface area (Å²) in [6.45, 7) is 7.32. The third-order valence-electron chi connectivity index (χ3n) is 3.36. The van der Waals surface area contributed by atoms with E-state index in [1.807, 2.05) is 0 Å².